The molecule has 2 aliphatic rings. The summed E-state index contributed by atoms with van der Waals surface area (Å²) in [6.45, 7) is 1.48. The highest BCUT2D eigenvalue weighted by Crippen LogP contribution is 2.38. The van der Waals surface area contributed by atoms with E-state index in [4.69, 9.17) is 15.2 Å². The van der Waals surface area contributed by atoms with Crippen molar-refractivity contribution in [2.24, 2.45) is 5.73 Å². The molecule has 0 bridgehead atoms. The summed E-state index contributed by atoms with van der Waals surface area (Å²) in [6, 6.07) is -1.30. The summed E-state index contributed by atoms with van der Waals surface area (Å²) in [7, 11) is 0. The number of rotatable bonds is 5. The number of amides is 3. The smallest absolute Gasteiger partial charge is 0.312 e. The van der Waals surface area contributed by atoms with E-state index in [1.54, 1.807) is 6.92 Å². The Balaban J connectivity index is 1.93. The maximum Gasteiger partial charge on any atom is 0.312 e. The molecule has 2 saturated heterocycles. The quantitative estimate of drug-likeness (QED) is 0.388. The Labute approximate surface area is 119 Å². The maximum absolute atomic E-state index is 11.6. The molecule has 118 valence electrons. The molecule has 0 aromatic rings. The fourth-order valence-electron chi connectivity index (χ4n) is 2.53. The SMILES string of the molecule is C[C@]12OC[C@@H](NC(=O)CNC(N)=O)[C@H]1OC[C@@H]2O[N+](=O)[O-]. The number of hydrogen-bond donors (Lipinski definition) is 3. The molecular formula is C10H16N4O7. The van der Waals surface area contributed by atoms with E-state index >= 15 is 0 Å². The second-order valence-electron chi connectivity index (χ2n) is 4.96. The van der Waals surface area contributed by atoms with Gasteiger partial charge in [-0.15, -0.1) is 10.1 Å². The predicted octanol–water partition coefficient (Wildman–Crippen LogP) is -2.10. The number of carbonyl (C=O) groups excluding carboxylic acids is 2. The minimum atomic E-state index is -1.01. The monoisotopic (exact) mass is 304 g/mol. The van der Waals surface area contributed by atoms with Crippen molar-refractivity contribution in [3.63, 3.8) is 0 Å². The average molecular weight is 304 g/mol. The van der Waals surface area contributed by atoms with Gasteiger partial charge in [0, 0.05) is 0 Å². The Morgan fingerprint density at radius 2 is 2.24 bits per heavy atom. The van der Waals surface area contributed by atoms with Crippen LogP contribution in [-0.2, 0) is 19.1 Å². The lowest BCUT2D eigenvalue weighted by atomic mass is 9.93. The van der Waals surface area contributed by atoms with Gasteiger partial charge in [-0.25, -0.2) is 4.79 Å². The van der Waals surface area contributed by atoms with Crippen LogP contribution in [0.15, 0.2) is 0 Å². The number of ether oxygens (including phenoxy) is 2. The molecule has 4 atom stereocenters. The fraction of sp³-hybridized carbons (Fsp3) is 0.800. The lowest BCUT2D eigenvalue weighted by Crippen LogP contribution is -2.51. The third kappa shape index (κ3) is 3.13. The normalized spacial score (nSPS) is 34.0. The highest BCUT2D eigenvalue weighted by Gasteiger charge is 2.59. The lowest BCUT2D eigenvalue weighted by Gasteiger charge is -2.27. The van der Waals surface area contributed by atoms with Crippen molar-refractivity contribution in [2.75, 3.05) is 19.8 Å². The molecule has 0 radical (unpaired) electrons. The molecular weight excluding hydrogens is 288 g/mol. The summed E-state index contributed by atoms with van der Waals surface area (Å²) in [5.74, 6) is -0.464. The number of hydrogen-bond acceptors (Lipinski definition) is 7. The first-order valence-corrected chi connectivity index (χ1v) is 6.22. The van der Waals surface area contributed by atoms with Gasteiger partial charge < -0.3 is 30.7 Å². The molecule has 0 aromatic carbocycles. The zero-order chi connectivity index (χ0) is 15.6. The Kier molecular flexibility index (Phi) is 4.14. The topological polar surface area (TPSA) is 155 Å². The number of fused-ring (bicyclic) bond motifs is 1. The van der Waals surface area contributed by atoms with E-state index < -0.39 is 40.9 Å². The van der Waals surface area contributed by atoms with Gasteiger partial charge in [-0.2, -0.15) is 0 Å². The van der Waals surface area contributed by atoms with Crippen molar-refractivity contribution in [3.8, 4) is 0 Å². The molecule has 0 aromatic heterocycles. The van der Waals surface area contributed by atoms with Crippen LogP contribution in [0.5, 0.6) is 0 Å². The zero-order valence-electron chi connectivity index (χ0n) is 11.2. The van der Waals surface area contributed by atoms with Crippen molar-refractivity contribution in [1.82, 2.24) is 10.6 Å². The third-order valence-corrected chi connectivity index (χ3v) is 3.55. The van der Waals surface area contributed by atoms with Gasteiger partial charge in [0.15, 0.2) is 6.10 Å². The molecule has 2 heterocycles. The van der Waals surface area contributed by atoms with Crippen LogP contribution in [0, 0.1) is 10.1 Å². The van der Waals surface area contributed by atoms with Gasteiger partial charge in [0.1, 0.15) is 11.7 Å². The molecule has 11 heteroatoms. The van der Waals surface area contributed by atoms with E-state index in [-0.39, 0.29) is 19.8 Å². The molecule has 11 nitrogen and oxygen atoms in total. The van der Waals surface area contributed by atoms with Crippen LogP contribution >= 0.6 is 0 Å². The zero-order valence-corrected chi connectivity index (χ0v) is 11.2. The molecule has 0 spiro atoms. The highest BCUT2D eigenvalue weighted by molar-refractivity contribution is 5.83. The van der Waals surface area contributed by atoms with Gasteiger partial charge in [0.05, 0.1) is 25.8 Å². The summed E-state index contributed by atoms with van der Waals surface area (Å²) in [4.78, 5) is 37.1. The van der Waals surface area contributed by atoms with Gasteiger partial charge in [-0.05, 0) is 6.92 Å². The lowest BCUT2D eigenvalue weighted by molar-refractivity contribution is -0.771. The summed E-state index contributed by atoms with van der Waals surface area (Å²) >= 11 is 0. The molecule has 2 aliphatic heterocycles. The Bertz CT molecular complexity index is 459. The van der Waals surface area contributed by atoms with E-state index in [2.05, 4.69) is 15.5 Å². The van der Waals surface area contributed by atoms with Crippen LogP contribution in [0.25, 0.3) is 0 Å². The van der Waals surface area contributed by atoms with E-state index in [1.165, 1.54) is 0 Å². The van der Waals surface area contributed by atoms with Gasteiger partial charge in [0.2, 0.25) is 5.91 Å². The van der Waals surface area contributed by atoms with E-state index in [0.717, 1.165) is 0 Å². The molecule has 0 saturated carbocycles. The molecule has 21 heavy (non-hydrogen) atoms. The van der Waals surface area contributed by atoms with Crippen LogP contribution in [-0.4, -0.2) is 60.6 Å². The van der Waals surface area contributed by atoms with Crippen molar-refractivity contribution in [3.05, 3.63) is 10.1 Å². The Morgan fingerprint density at radius 3 is 2.86 bits per heavy atom. The standard InChI is InChI=1S/C10H16N4O7/c1-10-6(21-14(17)18)4-19-8(10)5(3-20-10)13-7(15)2-12-9(11)16/h5-6,8H,2-4H2,1H3,(H,13,15)(H3,11,12,16)/t5-,6+,8-,10-/m1/s1. The molecule has 2 fully saturated rings. The summed E-state index contributed by atoms with van der Waals surface area (Å²) in [6.07, 6.45) is -1.43. The van der Waals surface area contributed by atoms with E-state index in [1.807, 2.05) is 0 Å². The predicted molar refractivity (Wildman–Crippen MR) is 65.5 cm³/mol. The van der Waals surface area contributed by atoms with Gasteiger partial charge in [-0.3, -0.25) is 4.79 Å². The van der Waals surface area contributed by atoms with Crippen LogP contribution in [0.4, 0.5) is 4.79 Å². The maximum atomic E-state index is 11.6. The minimum Gasteiger partial charge on any atom is -0.370 e. The molecule has 0 aliphatic carbocycles. The van der Waals surface area contributed by atoms with Crippen LogP contribution < -0.4 is 16.4 Å². The number of carbonyl (C=O) groups is 2. The number of nitrogens with two attached hydrogens (primary N) is 1. The van der Waals surface area contributed by atoms with Crippen LogP contribution in [0.2, 0.25) is 0 Å². The number of nitrogens with zero attached hydrogens (tertiary/aromatic N) is 1. The second-order valence-corrected chi connectivity index (χ2v) is 4.96. The van der Waals surface area contributed by atoms with Crippen molar-refractivity contribution < 1.29 is 29.0 Å². The summed E-state index contributed by atoms with van der Waals surface area (Å²) in [5.41, 5.74) is 3.85. The van der Waals surface area contributed by atoms with Crippen LogP contribution in [0.3, 0.4) is 0 Å². The minimum absolute atomic E-state index is 0.00590. The second kappa shape index (κ2) is 5.69. The summed E-state index contributed by atoms with van der Waals surface area (Å²) in [5, 5.41) is 14.3. The van der Waals surface area contributed by atoms with Crippen molar-refractivity contribution >= 4 is 11.9 Å². The van der Waals surface area contributed by atoms with E-state index in [9.17, 15) is 19.7 Å². The number of nitrogens with one attached hydrogen (secondary N) is 2. The number of primary amides is 1. The molecule has 4 N–H and O–H groups in total. The highest BCUT2D eigenvalue weighted by atomic mass is 17.0. The number of urea groups is 1. The van der Waals surface area contributed by atoms with Gasteiger partial charge in [-0.1, -0.05) is 0 Å². The van der Waals surface area contributed by atoms with Crippen molar-refractivity contribution in [2.45, 2.75) is 30.8 Å². The molecule has 0 unspecified atom stereocenters. The largest absolute Gasteiger partial charge is 0.370 e. The first kappa shape index (κ1) is 15.3. The Hall–Kier alpha value is -2.14. The van der Waals surface area contributed by atoms with Crippen LogP contribution in [0.1, 0.15) is 6.92 Å². The Morgan fingerprint density at radius 1 is 1.52 bits per heavy atom. The third-order valence-electron chi connectivity index (χ3n) is 3.55. The first-order valence-electron chi connectivity index (χ1n) is 6.22. The fourth-order valence-corrected chi connectivity index (χ4v) is 2.53. The van der Waals surface area contributed by atoms with Gasteiger partial charge in [0.25, 0.3) is 5.09 Å². The van der Waals surface area contributed by atoms with Gasteiger partial charge >= 0.3 is 6.03 Å². The molecule has 3 amide bonds. The van der Waals surface area contributed by atoms with Crippen molar-refractivity contribution in [1.29, 1.82) is 0 Å². The molecule has 2 rings (SSSR count). The summed E-state index contributed by atoms with van der Waals surface area (Å²) < 4.78 is 11.0. The first-order chi connectivity index (χ1) is 9.83. The van der Waals surface area contributed by atoms with E-state index in [0.29, 0.717) is 0 Å². The average Bonchev–Trinajstić information content (AvgIpc) is 2.85.